The maximum atomic E-state index is 12.8. The number of hydrogen-bond acceptors (Lipinski definition) is 6. The van der Waals surface area contributed by atoms with Crippen LogP contribution in [0.4, 0.5) is 5.95 Å². The quantitative estimate of drug-likeness (QED) is 0.422. The lowest BCUT2D eigenvalue weighted by atomic mass is 9.86. The van der Waals surface area contributed by atoms with Crippen LogP contribution in [-0.4, -0.2) is 41.2 Å². The van der Waals surface area contributed by atoms with Gasteiger partial charge in [0, 0.05) is 6.20 Å². The van der Waals surface area contributed by atoms with Gasteiger partial charge in [0.05, 0.1) is 17.5 Å². The van der Waals surface area contributed by atoms with Crippen molar-refractivity contribution in [3.8, 4) is 0 Å². The smallest absolute Gasteiger partial charge is 0.335 e. The highest BCUT2D eigenvalue weighted by molar-refractivity contribution is 5.94. The van der Waals surface area contributed by atoms with Crippen LogP contribution in [0.5, 0.6) is 0 Å². The molecule has 2 aromatic heterocycles. The van der Waals surface area contributed by atoms with Gasteiger partial charge in [-0.15, -0.1) is 0 Å². The summed E-state index contributed by atoms with van der Waals surface area (Å²) in [5.74, 6) is -0.649. The monoisotopic (exact) mass is 463 g/mol. The third-order valence-electron chi connectivity index (χ3n) is 6.39. The summed E-state index contributed by atoms with van der Waals surface area (Å²) < 4.78 is 1.58. The third kappa shape index (κ3) is 3.36. The van der Waals surface area contributed by atoms with Crippen molar-refractivity contribution in [2.45, 2.75) is 19.4 Å². The molecule has 3 aromatic carbocycles. The molecule has 0 aliphatic carbocycles. The molecule has 1 atom stereocenters. The van der Waals surface area contributed by atoms with Crippen LogP contribution in [-0.2, 0) is 11.2 Å². The number of carbonyl (C=O) groups is 1. The molecule has 0 radical (unpaired) electrons. The summed E-state index contributed by atoms with van der Waals surface area (Å²) in [4.78, 5) is 14.3. The molecule has 1 aliphatic heterocycles. The van der Waals surface area contributed by atoms with Gasteiger partial charge in [-0.05, 0) is 57.3 Å². The van der Waals surface area contributed by atoms with Gasteiger partial charge in [-0.2, -0.15) is 14.6 Å². The molecule has 6 rings (SSSR count). The molecule has 9 heteroatoms. The number of aliphatic carboxylic acids is 1. The Kier molecular flexibility index (Phi) is 4.88. The van der Waals surface area contributed by atoms with E-state index in [1.165, 1.54) is 4.79 Å². The Balaban J connectivity index is 1.64. The zero-order valence-corrected chi connectivity index (χ0v) is 18.9. The average molecular weight is 464 g/mol. The van der Waals surface area contributed by atoms with Crippen LogP contribution in [0.15, 0.2) is 96.5 Å². The minimum atomic E-state index is -1.04. The molecule has 0 fully saturated rings. The number of nitrogens with zero attached hydrogens (tertiary/aromatic N) is 7. The lowest BCUT2D eigenvalue weighted by molar-refractivity contribution is -0.133. The van der Waals surface area contributed by atoms with Gasteiger partial charge in [-0.25, -0.2) is 9.80 Å². The minimum Gasteiger partial charge on any atom is -0.478 e. The molecule has 0 saturated heterocycles. The zero-order chi connectivity index (χ0) is 23.9. The first-order chi connectivity index (χ1) is 17.1. The summed E-state index contributed by atoms with van der Waals surface area (Å²) in [5.41, 5.74) is 3.70. The Morgan fingerprint density at radius 3 is 2.57 bits per heavy atom. The lowest BCUT2D eigenvalue weighted by Gasteiger charge is -2.34. The van der Waals surface area contributed by atoms with Crippen molar-refractivity contribution in [3.63, 3.8) is 0 Å². The fourth-order valence-corrected chi connectivity index (χ4v) is 4.88. The van der Waals surface area contributed by atoms with Crippen LogP contribution in [0.1, 0.15) is 29.7 Å². The molecular formula is C26H21N7O2. The molecule has 1 unspecified atom stereocenters. The topological polar surface area (TPSA) is 102 Å². The van der Waals surface area contributed by atoms with Gasteiger partial charge in [0.25, 0.3) is 5.95 Å². The van der Waals surface area contributed by atoms with Gasteiger partial charge < -0.3 is 5.11 Å². The molecule has 0 amide bonds. The Morgan fingerprint density at radius 2 is 1.80 bits per heavy atom. The summed E-state index contributed by atoms with van der Waals surface area (Å²) in [6.07, 6.45) is 3.99. The van der Waals surface area contributed by atoms with Gasteiger partial charge in [0.1, 0.15) is 6.04 Å². The summed E-state index contributed by atoms with van der Waals surface area (Å²) in [5, 5.41) is 30.8. The molecule has 1 aliphatic rings. The molecule has 35 heavy (non-hydrogen) atoms. The van der Waals surface area contributed by atoms with Crippen molar-refractivity contribution >= 4 is 22.7 Å². The first kappa shape index (κ1) is 20.8. The number of tetrazole rings is 1. The van der Waals surface area contributed by atoms with Crippen LogP contribution in [0, 0.1) is 0 Å². The molecule has 0 bridgehead atoms. The van der Waals surface area contributed by atoms with E-state index in [9.17, 15) is 9.90 Å². The summed E-state index contributed by atoms with van der Waals surface area (Å²) >= 11 is 0. The van der Waals surface area contributed by atoms with Gasteiger partial charge in [0.15, 0.2) is 0 Å². The zero-order valence-electron chi connectivity index (χ0n) is 18.9. The van der Waals surface area contributed by atoms with E-state index in [-0.39, 0.29) is 5.57 Å². The van der Waals surface area contributed by atoms with Gasteiger partial charge in [-0.3, -0.25) is 0 Å². The average Bonchev–Trinajstić information content (AvgIpc) is 3.57. The molecule has 3 heterocycles. The normalized spacial score (nSPS) is 15.5. The van der Waals surface area contributed by atoms with E-state index >= 15 is 0 Å². The first-order valence-electron chi connectivity index (χ1n) is 11.2. The van der Waals surface area contributed by atoms with Crippen LogP contribution < -0.4 is 5.01 Å². The number of allylic oxidation sites excluding steroid dienone is 1. The van der Waals surface area contributed by atoms with Crippen LogP contribution in [0.3, 0.4) is 0 Å². The number of fused-ring (bicyclic) bond motifs is 2. The van der Waals surface area contributed by atoms with E-state index in [0.29, 0.717) is 18.1 Å². The van der Waals surface area contributed by atoms with E-state index in [1.807, 2.05) is 42.5 Å². The molecule has 1 N–H and O–H groups in total. The summed E-state index contributed by atoms with van der Waals surface area (Å²) in [6, 6.07) is 23.3. The predicted octanol–water partition coefficient (Wildman–Crippen LogP) is 3.84. The fraction of sp³-hybridized carbons (Fsp3) is 0.115. The number of aromatic nitrogens is 6. The van der Waals surface area contributed by atoms with E-state index in [2.05, 4.69) is 44.9 Å². The predicted molar refractivity (Wildman–Crippen MR) is 130 cm³/mol. The minimum absolute atomic E-state index is 0.186. The number of anilines is 1. The van der Waals surface area contributed by atoms with Gasteiger partial charge in [-0.1, -0.05) is 71.8 Å². The van der Waals surface area contributed by atoms with Gasteiger partial charge >= 0.3 is 5.97 Å². The lowest BCUT2D eigenvalue weighted by Crippen LogP contribution is -2.40. The van der Waals surface area contributed by atoms with Crippen molar-refractivity contribution in [2.75, 3.05) is 5.01 Å². The second kappa shape index (κ2) is 8.21. The van der Waals surface area contributed by atoms with Crippen LogP contribution >= 0.6 is 0 Å². The summed E-state index contributed by atoms with van der Waals surface area (Å²) in [6.45, 7) is 1.76. The number of carboxylic acids is 1. The molecule has 5 aromatic rings. The van der Waals surface area contributed by atoms with E-state index in [1.54, 1.807) is 35.1 Å². The van der Waals surface area contributed by atoms with Crippen LogP contribution in [0.25, 0.3) is 10.8 Å². The Labute approximate surface area is 200 Å². The molecule has 172 valence electrons. The van der Waals surface area contributed by atoms with E-state index in [0.717, 1.165) is 27.5 Å². The van der Waals surface area contributed by atoms with E-state index in [4.69, 9.17) is 0 Å². The van der Waals surface area contributed by atoms with Crippen molar-refractivity contribution in [3.05, 3.63) is 113 Å². The Morgan fingerprint density at radius 1 is 1.00 bits per heavy atom. The number of hydrogen-bond donors (Lipinski definition) is 1. The number of carboxylic acid groups (broad SMARTS) is 1. The van der Waals surface area contributed by atoms with Crippen molar-refractivity contribution < 1.29 is 9.90 Å². The van der Waals surface area contributed by atoms with Crippen molar-refractivity contribution in [2.24, 2.45) is 0 Å². The maximum absolute atomic E-state index is 12.8. The highest BCUT2D eigenvalue weighted by Crippen LogP contribution is 2.42. The summed E-state index contributed by atoms with van der Waals surface area (Å²) in [7, 11) is 0. The molecule has 9 nitrogen and oxygen atoms in total. The second-order valence-corrected chi connectivity index (χ2v) is 8.39. The highest BCUT2D eigenvalue weighted by atomic mass is 16.4. The number of rotatable bonds is 5. The maximum Gasteiger partial charge on any atom is 0.335 e. The standard InChI is InChI=1S/C26H21N7O2/c1-17-22(25(34)35)24(32-26(28-29-30-32)33(17)31-15-7-14-27-31)23-20(16-18-8-3-2-4-9-18)13-12-19-10-5-6-11-21(19)23/h2-15,24H,16H2,1H3,(H,34,35). The first-order valence-corrected chi connectivity index (χ1v) is 11.2. The Hall–Kier alpha value is -4.79. The van der Waals surface area contributed by atoms with Crippen molar-refractivity contribution in [1.82, 2.24) is 30.1 Å². The molecule has 0 spiro atoms. The van der Waals surface area contributed by atoms with Gasteiger partial charge in [0.2, 0.25) is 0 Å². The SMILES string of the molecule is CC1=C(C(=O)O)C(c2c(Cc3ccccc3)ccc3ccccc23)n2nnnc2N1n1cccn1. The van der Waals surface area contributed by atoms with Crippen LogP contribution in [0.2, 0.25) is 0 Å². The molecular weight excluding hydrogens is 442 g/mol. The third-order valence-corrected chi connectivity index (χ3v) is 6.39. The number of benzene rings is 3. The fourth-order valence-electron chi connectivity index (χ4n) is 4.88. The molecule has 0 saturated carbocycles. The second-order valence-electron chi connectivity index (χ2n) is 8.39. The van der Waals surface area contributed by atoms with Crippen molar-refractivity contribution in [1.29, 1.82) is 0 Å². The largest absolute Gasteiger partial charge is 0.478 e. The van der Waals surface area contributed by atoms with E-state index < -0.39 is 12.0 Å². The highest BCUT2D eigenvalue weighted by Gasteiger charge is 2.40. The Bertz CT molecular complexity index is 1570.